The van der Waals surface area contributed by atoms with Crippen LogP contribution in [0, 0.1) is 5.41 Å². The summed E-state index contributed by atoms with van der Waals surface area (Å²) in [6.45, 7) is 6.04. The highest BCUT2D eigenvalue weighted by atomic mass is 16.4. The van der Waals surface area contributed by atoms with Crippen LogP contribution in [0.1, 0.15) is 32.3 Å². The third-order valence-corrected chi connectivity index (χ3v) is 3.85. The molecule has 0 amide bonds. The molecule has 1 atom stereocenters. The predicted molar refractivity (Wildman–Crippen MR) is 73.0 cm³/mol. The lowest BCUT2D eigenvalue weighted by Crippen LogP contribution is -2.27. The molecular weight excluding hydrogens is 226 g/mol. The number of hydrogen-bond donors (Lipinski definition) is 1. The van der Waals surface area contributed by atoms with Crippen molar-refractivity contribution in [3.8, 4) is 0 Å². The topological polar surface area (TPSA) is 40.5 Å². The van der Waals surface area contributed by atoms with Gasteiger partial charge in [-0.3, -0.25) is 4.79 Å². The van der Waals surface area contributed by atoms with Gasteiger partial charge in [0.15, 0.2) is 0 Å². The van der Waals surface area contributed by atoms with Crippen LogP contribution in [-0.4, -0.2) is 24.2 Å². The van der Waals surface area contributed by atoms with Crippen molar-refractivity contribution >= 4 is 11.7 Å². The molecule has 1 N–H and O–H groups in total. The van der Waals surface area contributed by atoms with E-state index >= 15 is 0 Å². The Labute approximate surface area is 108 Å². The summed E-state index contributed by atoms with van der Waals surface area (Å²) in [5, 5.41) is 8.98. The van der Waals surface area contributed by atoms with Crippen LogP contribution in [0.4, 0.5) is 5.69 Å². The van der Waals surface area contributed by atoms with Crippen LogP contribution in [-0.2, 0) is 11.2 Å². The molecule has 18 heavy (non-hydrogen) atoms. The van der Waals surface area contributed by atoms with Gasteiger partial charge in [-0.25, -0.2) is 0 Å². The molecule has 0 spiro atoms. The second-order valence-electron chi connectivity index (χ2n) is 5.53. The molecule has 0 aliphatic carbocycles. The molecule has 0 bridgehead atoms. The van der Waals surface area contributed by atoms with Crippen molar-refractivity contribution in [2.45, 2.75) is 33.1 Å². The number of carbonyl (C=O) groups is 1. The van der Waals surface area contributed by atoms with Crippen molar-refractivity contribution in [1.82, 2.24) is 0 Å². The number of aliphatic carboxylic acids is 1. The van der Waals surface area contributed by atoms with E-state index in [0.717, 1.165) is 25.9 Å². The number of aryl methyl sites for hydroxylation is 1. The van der Waals surface area contributed by atoms with E-state index in [4.69, 9.17) is 5.11 Å². The van der Waals surface area contributed by atoms with Gasteiger partial charge in [0.2, 0.25) is 0 Å². The van der Waals surface area contributed by atoms with Crippen molar-refractivity contribution in [1.29, 1.82) is 0 Å². The first kappa shape index (κ1) is 12.9. The normalized spacial score (nSPS) is 23.3. The van der Waals surface area contributed by atoms with Gasteiger partial charge < -0.3 is 10.0 Å². The summed E-state index contributed by atoms with van der Waals surface area (Å²) in [5.41, 5.74) is 2.53. The quantitative estimate of drug-likeness (QED) is 0.889. The van der Waals surface area contributed by atoms with E-state index in [2.05, 4.69) is 43.0 Å². The smallest absolute Gasteiger partial charge is 0.303 e. The summed E-state index contributed by atoms with van der Waals surface area (Å²) < 4.78 is 0. The number of carboxylic acid groups (broad SMARTS) is 1. The third-order valence-electron chi connectivity index (χ3n) is 3.85. The van der Waals surface area contributed by atoms with Crippen molar-refractivity contribution < 1.29 is 9.90 Å². The Hall–Kier alpha value is -1.51. The van der Waals surface area contributed by atoms with Gasteiger partial charge in [-0.2, -0.15) is 0 Å². The molecule has 1 fully saturated rings. The molecule has 0 radical (unpaired) electrons. The van der Waals surface area contributed by atoms with Crippen molar-refractivity contribution in [2.24, 2.45) is 5.41 Å². The lowest BCUT2D eigenvalue weighted by atomic mass is 9.86. The molecule has 1 unspecified atom stereocenters. The summed E-state index contributed by atoms with van der Waals surface area (Å²) in [7, 11) is 0. The second kappa shape index (κ2) is 5.01. The van der Waals surface area contributed by atoms with E-state index in [0.29, 0.717) is 0 Å². The highest BCUT2D eigenvalue weighted by Gasteiger charge is 2.36. The second-order valence-corrected chi connectivity index (χ2v) is 5.53. The highest BCUT2D eigenvalue weighted by molar-refractivity contribution is 5.68. The average Bonchev–Trinajstić information content (AvgIpc) is 2.70. The standard InChI is InChI=1S/C15H21NO2/c1-3-12-6-4-5-7-13(12)16-9-8-15(2,11-16)10-14(17)18/h4-7H,3,8-11H2,1-2H3,(H,17,18). The molecule has 0 aromatic heterocycles. The van der Waals surface area contributed by atoms with E-state index in [-0.39, 0.29) is 11.8 Å². The van der Waals surface area contributed by atoms with Gasteiger partial charge in [0.25, 0.3) is 0 Å². The first-order valence-corrected chi connectivity index (χ1v) is 6.59. The Morgan fingerprint density at radius 1 is 1.44 bits per heavy atom. The lowest BCUT2D eigenvalue weighted by Gasteiger charge is -2.25. The maximum atomic E-state index is 10.9. The first-order valence-electron chi connectivity index (χ1n) is 6.59. The predicted octanol–water partition coefficient (Wildman–Crippen LogP) is 2.94. The van der Waals surface area contributed by atoms with Crippen LogP contribution in [0.25, 0.3) is 0 Å². The van der Waals surface area contributed by atoms with E-state index in [1.807, 2.05) is 0 Å². The van der Waals surface area contributed by atoms with Crippen molar-refractivity contribution in [3.05, 3.63) is 29.8 Å². The van der Waals surface area contributed by atoms with Gasteiger partial charge in [0.1, 0.15) is 0 Å². The average molecular weight is 247 g/mol. The van der Waals surface area contributed by atoms with E-state index in [1.54, 1.807) is 0 Å². The third kappa shape index (κ3) is 2.66. The van der Waals surface area contributed by atoms with E-state index in [9.17, 15) is 4.79 Å². The number of nitrogens with zero attached hydrogens (tertiary/aromatic N) is 1. The van der Waals surface area contributed by atoms with Crippen LogP contribution in [0.2, 0.25) is 0 Å². The van der Waals surface area contributed by atoms with Crippen molar-refractivity contribution in [2.75, 3.05) is 18.0 Å². The number of para-hydroxylation sites is 1. The zero-order valence-corrected chi connectivity index (χ0v) is 11.1. The Morgan fingerprint density at radius 3 is 2.83 bits per heavy atom. The fourth-order valence-electron chi connectivity index (χ4n) is 2.86. The maximum Gasteiger partial charge on any atom is 0.303 e. The Morgan fingerprint density at radius 2 is 2.17 bits per heavy atom. The van der Waals surface area contributed by atoms with Gasteiger partial charge in [-0.1, -0.05) is 32.0 Å². The van der Waals surface area contributed by atoms with Gasteiger partial charge in [-0.05, 0) is 29.9 Å². The number of benzene rings is 1. The Bertz CT molecular complexity index is 444. The number of rotatable bonds is 4. The minimum atomic E-state index is -0.692. The first-order chi connectivity index (χ1) is 8.54. The lowest BCUT2D eigenvalue weighted by molar-refractivity contribution is -0.139. The molecule has 0 saturated carbocycles. The molecule has 1 heterocycles. The van der Waals surface area contributed by atoms with Crippen LogP contribution in [0.5, 0.6) is 0 Å². The molecule has 2 rings (SSSR count). The zero-order chi connectivity index (χ0) is 13.2. The largest absolute Gasteiger partial charge is 0.481 e. The fraction of sp³-hybridized carbons (Fsp3) is 0.533. The van der Waals surface area contributed by atoms with Gasteiger partial charge in [0.05, 0.1) is 6.42 Å². The van der Waals surface area contributed by atoms with Crippen LogP contribution < -0.4 is 4.90 Å². The molecular formula is C15H21NO2. The Kier molecular flexibility index (Phi) is 3.60. The molecule has 3 nitrogen and oxygen atoms in total. The van der Waals surface area contributed by atoms with Gasteiger partial charge >= 0.3 is 5.97 Å². The van der Waals surface area contributed by atoms with Crippen molar-refractivity contribution in [3.63, 3.8) is 0 Å². The van der Waals surface area contributed by atoms with Crippen LogP contribution in [0.3, 0.4) is 0 Å². The minimum Gasteiger partial charge on any atom is -0.481 e. The molecule has 3 heteroatoms. The summed E-state index contributed by atoms with van der Waals surface area (Å²) in [6, 6.07) is 8.42. The van der Waals surface area contributed by atoms with E-state index in [1.165, 1.54) is 11.3 Å². The highest BCUT2D eigenvalue weighted by Crippen LogP contribution is 2.37. The van der Waals surface area contributed by atoms with Gasteiger partial charge in [0, 0.05) is 18.8 Å². The summed E-state index contributed by atoms with van der Waals surface area (Å²) in [4.78, 5) is 13.2. The molecule has 1 saturated heterocycles. The van der Waals surface area contributed by atoms with Crippen LogP contribution in [0.15, 0.2) is 24.3 Å². The molecule has 1 aliphatic rings. The summed E-state index contributed by atoms with van der Waals surface area (Å²) in [5.74, 6) is -0.692. The SMILES string of the molecule is CCc1ccccc1N1CCC(C)(CC(=O)O)C1. The van der Waals surface area contributed by atoms with Gasteiger partial charge in [-0.15, -0.1) is 0 Å². The molecule has 1 aromatic rings. The fourth-order valence-corrected chi connectivity index (χ4v) is 2.86. The maximum absolute atomic E-state index is 10.9. The monoisotopic (exact) mass is 247 g/mol. The molecule has 98 valence electrons. The summed E-state index contributed by atoms with van der Waals surface area (Å²) >= 11 is 0. The minimum absolute atomic E-state index is 0.0906. The Balaban J connectivity index is 2.15. The number of hydrogen-bond acceptors (Lipinski definition) is 2. The number of anilines is 1. The molecule has 1 aromatic carbocycles. The summed E-state index contributed by atoms with van der Waals surface area (Å²) in [6.07, 6.45) is 2.23. The molecule has 1 aliphatic heterocycles. The zero-order valence-electron chi connectivity index (χ0n) is 11.1. The van der Waals surface area contributed by atoms with E-state index < -0.39 is 5.97 Å². The van der Waals surface area contributed by atoms with Crippen LogP contribution >= 0.6 is 0 Å². The number of carboxylic acids is 1.